The molecule has 19 heavy (non-hydrogen) atoms. The molecule has 0 bridgehead atoms. The Morgan fingerprint density at radius 3 is 2.68 bits per heavy atom. The van der Waals surface area contributed by atoms with Crippen LogP contribution in [0.25, 0.3) is 0 Å². The molecule has 1 aromatic rings. The van der Waals surface area contributed by atoms with Crippen LogP contribution < -0.4 is 5.32 Å². The molecule has 2 aliphatic rings. The second-order valence-corrected chi connectivity index (χ2v) is 6.06. The van der Waals surface area contributed by atoms with Crippen molar-refractivity contribution < 1.29 is 5.11 Å². The summed E-state index contributed by atoms with van der Waals surface area (Å²) < 4.78 is 2.14. The number of aliphatic hydroxyl groups is 1. The van der Waals surface area contributed by atoms with Crippen LogP contribution in [0.4, 0.5) is 0 Å². The highest BCUT2D eigenvalue weighted by Gasteiger charge is 2.22. The molecule has 106 valence electrons. The van der Waals surface area contributed by atoms with E-state index in [2.05, 4.69) is 27.4 Å². The number of nitrogens with one attached hydrogen (secondary N) is 1. The SMILES string of the molecule is OC1CCCCC1NCc1ccn(C2CCCC2)n1. The molecule has 1 heterocycles. The zero-order valence-corrected chi connectivity index (χ0v) is 11.6. The van der Waals surface area contributed by atoms with E-state index in [9.17, 15) is 5.11 Å². The maximum Gasteiger partial charge on any atom is 0.0762 e. The van der Waals surface area contributed by atoms with E-state index in [1.807, 2.05) is 0 Å². The minimum atomic E-state index is -0.175. The van der Waals surface area contributed by atoms with E-state index in [1.165, 1.54) is 32.1 Å². The molecule has 2 atom stereocenters. The smallest absolute Gasteiger partial charge is 0.0762 e. The van der Waals surface area contributed by atoms with Gasteiger partial charge in [0, 0.05) is 18.8 Å². The molecular formula is C15H25N3O. The van der Waals surface area contributed by atoms with Crippen molar-refractivity contribution in [1.29, 1.82) is 0 Å². The van der Waals surface area contributed by atoms with Crippen LogP contribution in [0.5, 0.6) is 0 Å². The van der Waals surface area contributed by atoms with Crippen molar-refractivity contribution in [2.45, 2.75) is 76.1 Å². The van der Waals surface area contributed by atoms with Gasteiger partial charge >= 0.3 is 0 Å². The fourth-order valence-electron chi connectivity index (χ4n) is 3.43. The first-order chi connectivity index (χ1) is 9.33. The summed E-state index contributed by atoms with van der Waals surface area (Å²) in [5, 5.41) is 18.1. The fraction of sp³-hybridized carbons (Fsp3) is 0.800. The Kier molecular flexibility index (Phi) is 4.18. The molecule has 0 spiro atoms. The van der Waals surface area contributed by atoms with Crippen molar-refractivity contribution in [2.24, 2.45) is 0 Å². The zero-order chi connectivity index (χ0) is 13.1. The van der Waals surface area contributed by atoms with Gasteiger partial charge in [-0.15, -0.1) is 0 Å². The Balaban J connectivity index is 1.52. The fourth-order valence-corrected chi connectivity index (χ4v) is 3.43. The maximum absolute atomic E-state index is 9.94. The Hall–Kier alpha value is -0.870. The minimum absolute atomic E-state index is 0.175. The van der Waals surface area contributed by atoms with Crippen molar-refractivity contribution in [3.63, 3.8) is 0 Å². The third-order valence-electron chi connectivity index (χ3n) is 4.64. The van der Waals surface area contributed by atoms with Gasteiger partial charge in [-0.3, -0.25) is 4.68 Å². The first-order valence-electron chi connectivity index (χ1n) is 7.78. The van der Waals surface area contributed by atoms with E-state index in [4.69, 9.17) is 0 Å². The Bertz CT molecular complexity index is 398. The minimum Gasteiger partial charge on any atom is -0.392 e. The summed E-state index contributed by atoms with van der Waals surface area (Å²) in [7, 11) is 0. The monoisotopic (exact) mass is 263 g/mol. The summed E-state index contributed by atoms with van der Waals surface area (Å²) in [6.45, 7) is 0.779. The normalized spacial score (nSPS) is 28.9. The van der Waals surface area contributed by atoms with E-state index >= 15 is 0 Å². The van der Waals surface area contributed by atoms with Crippen molar-refractivity contribution in [1.82, 2.24) is 15.1 Å². The van der Waals surface area contributed by atoms with Crippen LogP contribution >= 0.6 is 0 Å². The number of aliphatic hydroxyl groups excluding tert-OH is 1. The van der Waals surface area contributed by atoms with Crippen molar-refractivity contribution in [3.05, 3.63) is 18.0 Å². The average molecular weight is 263 g/mol. The molecule has 0 aliphatic heterocycles. The van der Waals surface area contributed by atoms with Gasteiger partial charge in [0.1, 0.15) is 0 Å². The van der Waals surface area contributed by atoms with Crippen LogP contribution in [0.15, 0.2) is 12.3 Å². The average Bonchev–Trinajstić information content (AvgIpc) is 3.09. The lowest BCUT2D eigenvalue weighted by atomic mass is 9.92. The molecule has 0 amide bonds. The Morgan fingerprint density at radius 1 is 1.16 bits per heavy atom. The van der Waals surface area contributed by atoms with Crippen LogP contribution in [0.2, 0.25) is 0 Å². The lowest BCUT2D eigenvalue weighted by Crippen LogP contribution is -2.41. The number of aromatic nitrogens is 2. The van der Waals surface area contributed by atoms with Crippen LogP contribution in [-0.4, -0.2) is 27.0 Å². The molecule has 2 unspecified atom stereocenters. The quantitative estimate of drug-likeness (QED) is 0.877. The molecule has 4 nitrogen and oxygen atoms in total. The van der Waals surface area contributed by atoms with Gasteiger partial charge < -0.3 is 10.4 Å². The van der Waals surface area contributed by atoms with Gasteiger partial charge in [-0.05, 0) is 31.7 Å². The zero-order valence-electron chi connectivity index (χ0n) is 11.6. The number of hydrogen-bond donors (Lipinski definition) is 2. The summed E-state index contributed by atoms with van der Waals surface area (Å²) in [6.07, 6.45) is 11.6. The van der Waals surface area contributed by atoms with Crippen molar-refractivity contribution in [2.75, 3.05) is 0 Å². The maximum atomic E-state index is 9.94. The van der Waals surface area contributed by atoms with Gasteiger partial charge in [-0.25, -0.2) is 0 Å². The molecule has 2 N–H and O–H groups in total. The molecule has 2 saturated carbocycles. The molecule has 1 aromatic heterocycles. The molecule has 0 radical (unpaired) electrons. The lowest BCUT2D eigenvalue weighted by Gasteiger charge is -2.28. The number of hydrogen-bond acceptors (Lipinski definition) is 3. The number of rotatable bonds is 4. The van der Waals surface area contributed by atoms with Gasteiger partial charge in [0.05, 0.1) is 17.8 Å². The highest BCUT2D eigenvalue weighted by molar-refractivity contribution is 5.00. The van der Waals surface area contributed by atoms with E-state index in [-0.39, 0.29) is 12.1 Å². The highest BCUT2D eigenvalue weighted by atomic mass is 16.3. The van der Waals surface area contributed by atoms with Gasteiger partial charge in [-0.1, -0.05) is 25.7 Å². The van der Waals surface area contributed by atoms with Crippen molar-refractivity contribution in [3.8, 4) is 0 Å². The van der Waals surface area contributed by atoms with Crippen molar-refractivity contribution >= 4 is 0 Å². The molecule has 3 rings (SSSR count). The van der Waals surface area contributed by atoms with E-state index in [1.54, 1.807) is 0 Å². The molecule has 2 aliphatic carbocycles. The first kappa shape index (κ1) is 13.1. The standard InChI is InChI=1S/C15H25N3O/c19-15-8-4-3-7-14(15)16-11-12-9-10-18(17-12)13-5-1-2-6-13/h9-10,13-16,19H,1-8,11H2. The number of nitrogens with zero attached hydrogens (tertiary/aromatic N) is 2. The van der Waals surface area contributed by atoms with Crippen LogP contribution in [0.3, 0.4) is 0 Å². The van der Waals surface area contributed by atoms with Crippen LogP contribution in [-0.2, 0) is 6.54 Å². The van der Waals surface area contributed by atoms with E-state index in [0.29, 0.717) is 6.04 Å². The largest absolute Gasteiger partial charge is 0.392 e. The first-order valence-corrected chi connectivity index (χ1v) is 7.78. The predicted molar refractivity (Wildman–Crippen MR) is 74.8 cm³/mol. The summed E-state index contributed by atoms with van der Waals surface area (Å²) in [5.41, 5.74) is 1.10. The van der Waals surface area contributed by atoms with Crippen LogP contribution in [0.1, 0.15) is 63.1 Å². The summed E-state index contributed by atoms with van der Waals surface area (Å²) in [4.78, 5) is 0. The highest BCUT2D eigenvalue weighted by Crippen LogP contribution is 2.28. The van der Waals surface area contributed by atoms with Gasteiger partial charge in [0.25, 0.3) is 0 Å². The third-order valence-corrected chi connectivity index (χ3v) is 4.64. The Morgan fingerprint density at radius 2 is 1.89 bits per heavy atom. The van der Waals surface area contributed by atoms with E-state index < -0.39 is 0 Å². The molecular weight excluding hydrogens is 238 g/mol. The summed E-state index contributed by atoms with van der Waals surface area (Å²) in [5.74, 6) is 0. The third kappa shape index (κ3) is 3.18. The molecule has 2 fully saturated rings. The van der Waals surface area contributed by atoms with Crippen LogP contribution in [0, 0.1) is 0 Å². The lowest BCUT2D eigenvalue weighted by molar-refractivity contribution is 0.0900. The topological polar surface area (TPSA) is 50.1 Å². The Labute approximate surface area is 115 Å². The second kappa shape index (κ2) is 6.06. The molecule has 0 aromatic carbocycles. The van der Waals surface area contributed by atoms with Gasteiger partial charge in [0.2, 0.25) is 0 Å². The van der Waals surface area contributed by atoms with E-state index in [0.717, 1.165) is 31.5 Å². The van der Waals surface area contributed by atoms with Gasteiger partial charge in [0.15, 0.2) is 0 Å². The molecule has 0 saturated heterocycles. The molecule has 4 heteroatoms. The second-order valence-electron chi connectivity index (χ2n) is 6.06. The summed E-state index contributed by atoms with van der Waals surface area (Å²) >= 11 is 0. The summed E-state index contributed by atoms with van der Waals surface area (Å²) in [6, 6.07) is 2.99. The predicted octanol–water partition coefficient (Wildman–Crippen LogP) is 2.39. The van der Waals surface area contributed by atoms with Gasteiger partial charge in [-0.2, -0.15) is 5.10 Å².